The minimum atomic E-state index is -4.08. The maximum absolute atomic E-state index is 15.6. The number of esters is 1. The van der Waals surface area contributed by atoms with Crippen molar-refractivity contribution in [3.05, 3.63) is 64.1 Å². The molecule has 4 rings (SSSR count). The van der Waals surface area contributed by atoms with E-state index in [9.17, 15) is 4.79 Å². The number of halogens is 1. The number of benzene rings is 2. The number of aryl methyl sites for hydroxylation is 1. The molecular formula is C36H52BrO6P. The van der Waals surface area contributed by atoms with Gasteiger partial charge in [-0.2, -0.15) is 0 Å². The molecular weight excluding hydrogens is 639 g/mol. The molecule has 1 unspecified atom stereocenters. The van der Waals surface area contributed by atoms with Crippen molar-refractivity contribution in [2.45, 2.75) is 105 Å². The van der Waals surface area contributed by atoms with Crippen LogP contribution >= 0.6 is 23.5 Å². The molecule has 44 heavy (non-hydrogen) atoms. The molecule has 0 amide bonds. The fourth-order valence-electron chi connectivity index (χ4n) is 6.86. The van der Waals surface area contributed by atoms with Gasteiger partial charge in [0.15, 0.2) is 6.61 Å². The number of carbonyl (C=O) groups excluding carboxylic acids is 1. The zero-order valence-electron chi connectivity index (χ0n) is 27.5. The Morgan fingerprint density at radius 2 is 1.32 bits per heavy atom. The maximum Gasteiger partial charge on any atom is 0.376 e. The van der Waals surface area contributed by atoms with Gasteiger partial charge in [-0.3, -0.25) is 4.57 Å². The van der Waals surface area contributed by atoms with Crippen molar-refractivity contribution in [1.82, 2.24) is 0 Å². The third-order valence-corrected chi connectivity index (χ3v) is 12.2. The van der Waals surface area contributed by atoms with Gasteiger partial charge in [0.2, 0.25) is 5.85 Å². The summed E-state index contributed by atoms with van der Waals surface area (Å²) in [5.41, 5.74) is 1.68. The molecule has 0 spiro atoms. The summed E-state index contributed by atoms with van der Waals surface area (Å²) < 4.78 is 41.9. The van der Waals surface area contributed by atoms with E-state index in [2.05, 4.69) is 57.5 Å². The first-order valence-corrected chi connectivity index (χ1v) is 18.9. The van der Waals surface area contributed by atoms with E-state index in [1.165, 1.54) is 0 Å². The van der Waals surface area contributed by atoms with Crippen LogP contribution < -0.4 is 4.74 Å². The molecule has 0 bridgehead atoms. The highest BCUT2D eigenvalue weighted by Crippen LogP contribution is 2.66. The van der Waals surface area contributed by atoms with Crippen molar-refractivity contribution < 1.29 is 27.9 Å². The summed E-state index contributed by atoms with van der Waals surface area (Å²) in [7, 11) is -4.08. The largest absolute Gasteiger partial charge is 0.482 e. The third-order valence-electron chi connectivity index (χ3n) is 9.55. The van der Waals surface area contributed by atoms with E-state index in [0.717, 1.165) is 48.6 Å². The molecule has 0 radical (unpaired) electrons. The van der Waals surface area contributed by atoms with Gasteiger partial charge in [0.1, 0.15) is 5.75 Å². The molecule has 0 aromatic heterocycles. The number of ether oxygens (including phenoxy) is 2. The van der Waals surface area contributed by atoms with Gasteiger partial charge < -0.3 is 18.5 Å². The van der Waals surface area contributed by atoms with Crippen LogP contribution in [0.1, 0.15) is 97.0 Å². The highest BCUT2D eigenvalue weighted by molar-refractivity contribution is 9.10. The highest BCUT2D eigenvalue weighted by atomic mass is 79.9. The van der Waals surface area contributed by atoms with Crippen molar-refractivity contribution in [2.75, 3.05) is 6.61 Å². The zero-order chi connectivity index (χ0) is 32.0. The molecule has 2 aliphatic carbocycles. The van der Waals surface area contributed by atoms with E-state index in [0.29, 0.717) is 35.0 Å². The van der Waals surface area contributed by atoms with E-state index in [1.54, 1.807) is 0 Å². The number of rotatable bonds is 12. The lowest BCUT2D eigenvalue weighted by Crippen LogP contribution is -2.37. The van der Waals surface area contributed by atoms with Crippen LogP contribution in [-0.2, 0) is 23.1 Å². The Bertz CT molecular complexity index is 1210. The Morgan fingerprint density at radius 1 is 0.818 bits per heavy atom. The van der Waals surface area contributed by atoms with Crippen LogP contribution in [0.25, 0.3) is 0 Å². The number of hydrogen-bond acceptors (Lipinski definition) is 6. The standard InChI is InChI=1S/C36H52BrO6P/c1-23(2)31-18-10-26(6)20-33(31)42-44(39,43-34-21-27(7)11-19-32(34)24(3)4)36(28-12-14-29(37)15-13-28)41-35(38)22-40-30-16-8-25(5)9-17-30/h8-9,12-17,23-24,26-27,31-34,36H,10-11,18-22H2,1-7H3/t26-,27+,31-,32-,33-,34-,36+,44?/m1/s1. The SMILES string of the molecule is Cc1ccc(OCC(=O)O[C@H](c2ccc(Br)cc2)P(=O)(O[C@@H]2C[C@H](C)CC[C@@H]2C(C)C)O[C@@H]2C[C@@H](C)CC[C@@H]2C(C)C)cc1. The van der Waals surface area contributed by atoms with E-state index in [4.69, 9.17) is 18.5 Å². The van der Waals surface area contributed by atoms with Crippen LogP contribution in [0.3, 0.4) is 0 Å². The quantitative estimate of drug-likeness (QED) is 0.163. The van der Waals surface area contributed by atoms with Crippen LogP contribution in [0.4, 0.5) is 0 Å². The molecule has 0 aliphatic heterocycles. The first-order chi connectivity index (χ1) is 20.8. The molecule has 2 aromatic carbocycles. The van der Waals surface area contributed by atoms with Gasteiger partial charge in [-0.25, -0.2) is 4.79 Å². The van der Waals surface area contributed by atoms with Crippen molar-refractivity contribution in [3.8, 4) is 5.75 Å². The average molecular weight is 692 g/mol. The van der Waals surface area contributed by atoms with E-state index in [1.807, 2.05) is 55.5 Å². The summed E-state index contributed by atoms with van der Waals surface area (Å²) >= 11 is 3.51. The van der Waals surface area contributed by atoms with Crippen LogP contribution in [0, 0.1) is 42.4 Å². The minimum absolute atomic E-state index is 0.237. The second kappa shape index (κ2) is 15.8. The summed E-state index contributed by atoms with van der Waals surface area (Å²) in [6, 6.07) is 14.9. The summed E-state index contributed by atoms with van der Waals surface area (Å²) in [6.45, 7) is 14.9. The fraction of sp³-hybridized carbons (Fsp3) is 0.639. The molecule has 244 valence electrons. The smallest absolute Gasteiger partial charge is 0.376 e. The number of carbonyl (C=O) groups is 1. The van der Waals surface area contributed by atoms with Crippen molar-refractivity contribution >= 4 is 29.5 Å². The van der Waals surface area contributed by atoms with Gasteiger partial charge in [0.05, 0.1) is 12.2 Å². The Balaban J connectivity index is 1.71. The molecule has 2 saturated carbocycles. The monoisotopic (exact) mass is 690 g/mol. The van der Waals surface area contributed by atoms with Gasteiger partial charge in [-0.05, 0) is 92.4 Å². The minimum Gasteiger partial charge on any atom is -0.482 e. The van der Waals surface area contributed by atoms with Gasteiger partial charge in [-0.1, -0.05) is 100 Å². The topological polar surface area (TPSA) is 71.1 Å². The van der Waals surface area contributed by atoms with E-state index >= 15 is 4.57 Å². The second-order valence-corrected chi connectivity index (χ2v) is 16.9. The summed E-state index contributed by atoms with van der Waals surface area (Å²) in [4.78, 5) is 13.4. The second-order valence-electron chi connectivity index (χ2n) is 14.0. The first kappa shape index (κ1) is 35.2. The van der Waals surface area contributed by atoms with Crippen LogP contribution in [0.5, 0.6) is 5.75 Å². The Hall–Kier alpha value is -1.66. The van der Waals surface area contributed by atoms with Crippen molar-refractivity contribution in [2.24, 2.45) is 35.5 Å². The highest BCUT2D eigenvalue weighted by Gasteiger charge is 2.49. The predicted octanol–water partition coefficient (Wildman–Crippen LogP) is 10.5. The number of hydrogen-bond donors (Lipinski definition) is 0. The first-order valence-electron chi connectivity index (χ1n) is 16.5. The summed E-state index contributed by atoms with van der Waals surface area (Å²) in [5, 5.41) is 0. The lowest BCUT2D eigenvalue weighted by molar-refractivity contribution is -0.149. The van der Waals surface area contributed by atoms with Gasteiger partial charge >= 0.3 is 13.6 Å². The van der Waals surface area contributed by atoms with Gasteiger partial charge in [-0.15, -0.1) is 0 Å². The van der Waals surface area contributed by atoms with Gasteiger partial charge in [0, 0.05) is 10.0 Å². The fourth-order valence-corrected chi connectivity index (χ4v) is 9.42. The molecule has 6 nitrogen and oxygen atoms in total. The average Bonchev–Trinajstić information content (AvgIpc) is 2.96. The normalized spacial score (nSPS) is 28.0. The molecule has 8 heteroatoms. The van der Waals surface area contributed by atoms with Crippen LogP contribution in [-0.4, -0.2) is 24.8 Å². The van der Waals surface area contributed by atoms with Gasteiger partial charge in [0.25, 0.3) is 0 Å². The zero-order valence-corrected chi connectivity index (χ0v) is 30.0. The van der Waals surface area contributed by atoms with E-state index in [-0.39, 0.29) is 30.7 Å². The molecule has 2 aromatic rings. The van der Waals surface area contributed by atoms with Crippen LogP contribution in [0.15, 0.2) is 53.0 Å². The Kier molecular flexibility index (Phi) is 12.6. The van der Waals surface area contributed by atoms with E-state index < -0.39 is 19.4 Å². The summed E-state index contributed by atoms with van der Waals surface area (Å²) in [5.74, 6) is 0.791. The summed E-state index contributed by atoms with van der Waals surface area (Å²) in [6.07, 6.45) is 5.31. The lowest BCUT2D eigenvalue weighted by atomic mass is 9.75. The molecule has 8 atom stereocenters. The lowest BCUT2D eigenvalue weighted by Gasteiger charge is -2.43. The Morgan fingerprint density at radius 3 is 1.80 bits per heavy atom. The molecule has 2 aliphatic rings. The van der Waals surface area contributed by atoms with Crippen LogP contribution in [0.2, 0.25) is 0 Å². The van der Waals surface area contributed by atoms with Crippen molar-refractivity contribution in [3.63, 3.8) is 0 Å². The third kappa shape index (κ3) is 9.44. The molecule has 0 heterocycles. The Labute approximate surface area is 273 Å². The molecule has 0 saturated heterocycles. The van der Waals surface area contributed by atoms with Crippen molar-refractivity contribution in [1.29, 1.82) is 0 Å². The molecule has 0 N–H and O–H groups in total. The predicted molar refractivity (Wildman–Crippen MR) is 180 cm³/mol. The molecule has 2 fully saturated rings. The maximum atomic E-state index is 15.6.